The fourth-order valence-electron chi connectivity index (χ4n) is 2.64. The van der Waals surface area contributed by atoms with Gasteiger partial charge in [0.2, 0.25) is 0 Å². The third-order valence-corrected chi connectivity index (χ3v) is 4.70. The molecule has 0 radical (unpaired) electrons. The number of phenols is 1. The number of hydrogen-bond donors (Lipinski definition) is 2. The summed E-state index contributed by atoms with van der Waals surface area (Å²) in [6.07, 6.45) is 6.38. The molecule has 1 amide bonds. The number of carbonyl (C=O) groups is 1. The monoisotopic (exact) mass is 318 g/mol. The summed E-state index contributed by atoms with van der Waals surface area (Å²) in [5.41, 5.74) is 0.748. The van der Waals surface area contributed by atoms with Gasteiger partial charge in [-0.2, -0.15) is 0 Å². The number of thioether (sulfide) groups is 1. The lowest BCUT2D eigenvalue weighted by Crippen LogP contribution is -2.21. The Kier molecular flexibility index (Phi) is 4.38. The summed E-state index contributed by atoms with van der Waals surface area (Å²) in [6.45, 7) is 0. The molecule has 1 aromatic carbocycles. The van der Waals surface area contributed by atoms with Crippen LogP contribution in [0.5, 0.6) is 11.5 Å². The molecule has 1 aromatic rings. The maximum Gasteiger partial charge on any atom is 0.264 e. The van der Waals surface area contributed by atoms with Crippen LogP contribution in [0, 0.1) is 0 Å². The minimum atomic E-state index is -0.142. The van der Waals surface area contributed by atoms with E-state index in [2.05, 4.69) is 10.3 Å². The molecule has 1 aliphatic heterocycles. The van der Waals surface area contributed by atoms with E-state index in [-0.39, 0.29) is 11.7 Å². The minimum Gasteiger partial charge on any atom is -0.504 e. The zero-order valence-corrected chi connectivity index (χ0v) is 13.2. The van der Waals surface area contributed by atoms with Crippen molar-refractivity contribution in [2.75, 3.05) is 7.11 Å². The number of aliphatic imine (C=N–C) groups is 1. The van der Waals surface area contributed by atoms with Crippen molar-refractivity contribution in [3.63, 3.8) is 0 Å². The van der Waals surface area contributed by atoms with Crippen LogP contribution < -0.4 is 10.1 Å². The lowest BCUT2D eigenvalue weighted by atomic mass is 10.2. The van der Waals surface area contributed by atoms with Gasteiger partial charge >= 0.3 is 0 Å². The summed E-state index contributed by atoms with van der Waals surface area (Å²) in [4.78, 5) is 17.2. The van der Waals surface area contributed by atoms with Crippen molar-refractivity contribution in [3.05, 3.63) is 28.7 Å². The maximum atomic E-state index is 12.0. The number of ether oxygens (including phenoxy) is 1. The number of aromatic hydroxyl groups is 1. The molecule has 0 bridgehead atoms. The highest BCUT2D eigenvalue weighted by molar-refractivity contribution is 8.18. The molecule has 1 aliphatic carbocycles. The van der Waals surface area contributed by atoms with Crippen LogP contribution in [-0.4, -0.2) is 29.3 Å². The molecule has 1 saturated heterocycles. The maximum absolute atomic E-state index is 12.0. The van der Waals surface area contributed by atoms with Crippen molar-refractivity contribution in [1.82, 2.24) is 5.32 Å². The largest absolute Gasteiger partial charge is 0.504 e. The number of amides is 1. The quantitative estimate of drug-likeness (QED) is 0.841. The van der Waals surface area contributed by atoms with E-state index < -0.39 is 0 Å². The number of methoxy groups -OCH3 is 1. The number of carbonyl (C=O) groups excluding carboxylic acids is 1. The van der Waals surface area contributed by atoms with Crippen molar-refractivity contribution in [2.24, 2.45) is 4.99 Å². The summed E-state index contributed by atoms with van der Waals surface area (Å²) < 4.78 is 5.01. The second kappa shape index (κ2) is 6.44. The first-order chi connectivity index (χ1) is 10.7. The highest BCUT2D eigenvalue weighted by Gasteiger charge is 2.25. The molecule has 0 atom stereocenters. The Labute approximate surface area is 133 Å². The van der Waals surface area contributed by atoms with E-state index in [4.69, 9.17) is 4.74 Å². The van der Waals surface area contributed by atoms with Crippen molar-refractivity contribution >= 4 is 28.9 Å². The Morgan fingerprint density at radius 3 is 2.86 bits per heavy atom. The first kappa shape index (κ1) is 15.0. The van der Waals surface area contributed by atoms with E-state index in [0.29, 0.717) is 21.9 Å². The van der Waals surface area contributed by atoms with Gasteiger partial charge in [0.1, 0.15) is 0 Å². The van der Waals surface area contributed by atoms with Crippen LogP contribution in [0.4, 0.5) is 0 Å². The van der Waals surface area contributed by atoms with Gasteiger partial charge in [-0.3, -0.25) is 9.79 Å². The fraction of sp³-hybridized carbons (Fsp3) is 0.375. The van der Waals surface area contributed by atoms with E-state index >= 15 is 0 Å². The molecule has 2 aliphatic rings. The molecule has 0 spiro atoms. The van der Waals surface area contributed by atoms with Crippen molar-refractivity contribution in [2.45, 2.75) is 31.7 Å². The summed E-state index contributed by atoms with van der Waals surface area (Å²) in [6, 6.07) is 5.39. The second-order valence-electron chi connectivity index (χ2n) is 5.37. The SMILES string of the molecule is COc1ccc(C=C2SC(=NC3CCCC3)NC2=O)cc1O. The average Bonchev–Trinajstić information content (AvgIpc) is 3.10. The number of nitrogens with zero attached hydrogens (tertiary/aromatic N) is 1. The predicted molar refractivity (Wildman–Crippen MR) is 88.1 cm³/mol. The van der Waals surface area contributed by atoms with Gasteiger partial charge in [0, 0.05) is 0 Å². The van der Waals surface area contributed by atoms with E-state index in [1.54, 1.807) is 24.3 Å². The molecule has 0 unspecified atom stereocenters. The van der Waals surface area contributed by atoms with Gasteiger partial charge in [-0.15, -0.1) is 0 Å². The summed E-state index contributed by atoms with van der Waals surface area (Å²) in [5.74, 6) is 0.325. The number of rotatable bonds is 3. The molecule has 6 heteroatoms. The minimum absolute atomic E-state index is 0.0556. The van der Waals surface area contributed by atoms with Gasteiger partial charge in [0.15, 0.2) is 16.7 Å². The zero-order valence-electron chi connectivity index (χ0n) is 12.3. The van der Waals surface area contributed by atoms with Crippen LogP contribution in [0.2, 0.25) is 0 Å². The fourth-order valence-corrected chi connectivity index (χ4v) is 3.53. The summed E-state index contributed by atoms with van der Waals surface area (Å²) in [7, 11) is 1.50. The number of phenolic OH excluding ortho intramolecular Hbond substituents is 1. The van der Waals surface area contributed by atoms with Crippen LogP contribution in [0.15, 0.2) is 28.1 Å². The van der Waals surface area contributed by atoms with E-state index in [1.807, 2.05) is 0 Å². The van der Waals surface area contributed by atoms with Gasteiger partial charge in [-0.1, -0.05) is 18.9 Å². The van der Waals surface area contributed by atoms with Crippen LogP contribution in [0.1, 0.15) is 31.2 Å². The van der Waals surface area contributed by atoms with Crippen molar-refractivity contribution < 1.29 is 14.6 Å². The van der Waals surface area contributed by atoms with Crippen molar-refractivity contribution in [1.29, 1.82) is 0 Å². The topological polar surface area (TPSA) is 70.9 Å². The molecule has 1 saturated carbocycles. The zero-order chi connectivity index (χ0) is 15.5. The third kappa shape index (κ3) is 3.27. The van der Waals surface area contributed by atoms with Gasteiger partial charge in [-0.25, -0.2) is 0 Å². The van der Waals surface area contributed by atoms with Crippen LogP contribution in [-0.2, 0) is 4.79 Å². The van der Waals surface area contributed by atoms with Gasteiger partial charge in [-0.05, 0) is 48.4 Å². The third-order valence-electron chi connectivity index (χ3n) is 3.78. The molecule has 3 rings (SSSR count). The molecule has 2 fully saturated rings. The standard InChI is InChI=1S/C16H18N2O3S/c1-21-13-7-6-10(8-12(13)19)9-14-15(20)18-16(22-14)17-11-4-2-3-5-11/h6-9,11,19H,2-5H2,1H3,(H,17,18,20). The number of hydrogen-bond acceptors (Lipinski definition) is 5. The smallest absolute Gasteiger partial charge is 0.264 e. The Morgan fingerprint density at radius 2 is 2.18 bits per heavy atom. The Balaban J connectivity index is 1.76. The lowest BCUT2D eigenvalue weighted by molar-refractivity contribution is -0.115. The van der Waals surface area contributed by atoms with Crippen LogP contribution >= 0.6 is 11.8 Å². The normalized spacial score (nSPS) is 22.5. The van der Waals surface area contributed by atoms with E-state index in [0.717, 1.165) is 18.4 Å². The Hall–Kier alpha value is -1.95. The van der Waals surface area contributed by atoms with E-state index in [1.165, 1.54) is 31.7 Å². The highest BCUT2D eigenvalue weighted by atomic mass is 32.2. The Morgan fingerprint density at radius 1 is 1.41 bits per heavy atom. The molecule has 116 valence electrons. The number of nitrogens with one attached hydrogen (secondary N) is 1. The average molecular weight is 318 g/mol. The lowest BCUT2D eigenvalue weighted by Gasteiger charge is -2.03. The van der Waals surface area contributed by atoms with Crippen LogP contribution in [0.3, 0.4) is 0 Å². The molecule has 2 N–H and O–H groups in total. The van der Waals surface area contributed by atoms with Gasteiger partial charge in [0.05, 0.1) is 18.1 Å². The predicted octanol–water partition coefficient (Wildman–Crippen LogP) is 2.90. The van der Waals surface area contributed by atoms with Crippen molar-refractivity contribution in [3.8, 4) is 11.5 Å². The van der Waals surface area contributed by atoms with Gasteiger partial charge in [0.25, 0.3) is 5.91 Å². The summed E-state index contributed by atoms with van der Waals surface area (Å²) >= 11 is 1.35. The molecule has 5 nitrogen and oxygen atoms in total. The summed E-state index contributed by atoms with van der Waals surface area (Å²) in [5, 5.41) is 13.3. The molecular formula is C16H18N2O3S. The highest BCUT2D eigenvalue weighted by Crippen LogP contribution is 2.31. The Bertz CT molecular complexity index is 649. The van der Waals surface area contributed by atoms with Gasteiger partial charge < -0.3 is 15.2 Å². The molecule has 0 aromatic heterocycles. The number of amidine groups is 1. The van der Waals surface area contributed by atoms with Crippen LogP contribution in [0.25, 0.3) is 6.08 Å². The number of benzene rings is 1. The van der Waals surface area contributed by atoms with E-state index in [9.17, 15) is 9.90 Å². The molecular weight excluding hydrogens is 300 g/mol. The molecule has 1 heterocycles. The second-order valence-corrected chi connectivity index (χ2v) is 6.40. The molecule has 22 heavy (non-hydrogen) atoms. The first-order valence-electron chi connectivity index (χ1n) is 7.31. The first-order valence-corrected chi connectivity index (χ1v) is 8.13.